The van der Waals surface area contributed by atoms with Gasteiger partial charge in [0.2, 0.25) is 5.91 Å². The fraction of sp³-hybridized carbons (Fsp3) is 0.529. The highest BCUT2D eigenvalue weighted by Crippen LogP contribution is 2.11. The molecule has 7 heteroatoms. The van der Waals surface area contributed by atoms with Crippen LogP contribution in [0, 0.1) is 0 Å². The molecule has 24 heavy (non-hydrogen) atoms. The van der Waals surface area contributed by atoms with Gasteiger partial charge in [-0.3, -0.25) is 9.59 Å². The summed E-state index contributed by atoms with van der Waals surface area (Å²) in [6.45, 7) is 6.03. The van der Waals surface area contributed by atoms with Crippen LogP contribution in [-0.4, -0.2) is 74.5 Å². The first-order valence-corrected chi connectivity index (χ1v) is 9.05. The molecule has 0 radical (unpaired) electrons. The summed E-state index contributed by atoms with van der Waals surface area (Å²) < 4.78 is 0.837. The lowest BCUT2D eigenvalue weighted by molar-refractivity contribution is -0.120. The predicted molar refractivity (Wildman–Crippen MR) is 98.0 cm³/mol. The van der Waals surface area contributed by atoms with E-state index in [1.54, 1.807) is 18.2 Å². The molecule has 0 aliphatic carbocycles. The zero-order valence-corrected chi connectivity index (χ0v) is 15.6. The second-order valence-corrected chi connectivity index (χ2v) is 6.96. The molecule has 2 N–H and O–H groups in total. The maximum absolute atomic E-state index is 11.9. The van der Waals surface area contributed by atoms with Crippen molar-refractivity contribution in [2.45, 2.75) is 6.42 Å². The van der Waals surface area contributed by atoms with E-state index in [9.17, 15) is 9.59 Å². The van der Waals surface area contributed by atoms with Gasteiger partial charge in [-0.15, -0.1) is 0 Å². The summed E-state index contributed by atoms with van der Waals surface area (Å²) in [5, 5.41) is 5.48. The Balaban J connectivity index is 1.57. The maximum atomic E-state index is 11.9. The molecule has 0 unspecified atom stereocenters. The number of carbonyl (C=O) groups excluding carboxylic acids is 2. The minimum atomic E-state index is -0.246. The Morgan fingerprint density at radius 3 is 2.62 bits per heavy atom. The number of likely N-dealkylation sites (N-methyl/N-ethyl adjacent to an activating group) is 1. The minimum absolute atomic E-state index is 0.000143. The summed E-state index contributed by atoms with van der Waals surface area (Å²) in [4.78, 5) is 28.5. The van der Waals surface area contributed by atoms with Crippen LogP contribution in [0.1, 0.15) is 16.8 Å². The standard InChI is InChI=1S/C17H25BrN4O2/c1-21-8-10-22(11-9-21)7-3-6-19-16(23)13-20-17(24)14-4-2-5-15(18)12-14/h2,4-5,12H,3,6-11,13H2,1H3,(H,19,23)(H,20,24). The van der Waals surface area contributed by atoms with Gasteiger partial charge in [0.05, 0.1) is 6.54 Å². The Morgan fingerprint density at radius 2 is 1.92 bits per heavy atom. The molecule has 1 fully saturated rings. The molecule has 0 aromatic heterocycles. The second-order valence-electron chi connectivity index (χ2n) is 6.04. The molecule has 2 rings (SSSR count). The fourth-order valence-electron chi connectivity index (χ4n) is 2.56. The van der Waals surface area contributed by atoms with E-state index in [0.717, 1.165) is 43.6 Å². The van der Waals surface area contributed by atoms with E-state index < -0.39 is 0 Å². The van der Waals surface area contributed by atoms with Crippen molar-refractivity contribution in [2.24, 2.45) is 0 Å². The highest BCUT2D eigenvalue weighted by molar-refractivity contribution is 9.10. The van der Waals surface area contributed by atoms with Gasteiger partial charge in [0.25, 0.3) is 5.91 Å². The number of amides is 2. The molecule has 0 saturated carbocycles. The van der Waals surface area contributed by atoms with E-state index in [1.807, 2.05) is 6.07 Å². The van der Waals surface area contributed by atoms with Crippen molar-refractivity contribution in [3.8, 4) is 0 Å². The Morgan fingerprint density at radius 1 is 1.17 bits per heavy atom. The number of nitrogens with one attached hydrogen (secondary N) is 2. The number of halogens is 1. The van der Waals surface area contributed by atoms with Crippen LogP contribution in [-0.2, 0) is 4.79 Å². The van der Waals surface area contributed by atoms with Gasteiger partial charge in [0, 0.05) is 42.8 Å². The molecule has 0 spiro atoms. The van der Waals surface area contributed by atoms with E-state index in [4.69, 9.17) is 0 Å². The molecule has 1 aliphatic heterocycles. The first kappa shape index (κ1) is 18.9. The smallest absolute Gasteiger partial charge is 0.251 e. The summed E-state index contributed by atoms with van der Waals surface area (Å²) in [5.41, 5.74) is 0.534. The summed E-state index contributed by atoms with van der Waals surface area (Å²) in [6, 6.07) is 7.08. The van der Waals surface area contributed by atoms with Crippen LogP contribution in [0.2, 0.25) is 0 Å². The summed E-state index contributed by atoms with van der Waals surface area (Å²) in [5.74, 6) is -0.402. The SMILES string of the molecule is CN1CCN(CCCNC(=O)CNC(=O)c2cccc(Br)c2)CC1. The van der Waals surface area contributed by atoms with Gasteiger partial charge in [-0.2, -0.15) is 0 Å². The third kappa shape index (κ3) is 6.59. The summed E-state index contributed by atoms with van der Waals surface area (Å²) >= 11 is 3.32. The lowest BCUT2D eigenvalue weighted by Gasteiger charge is -2.32. The topological polar surface area (TPSA) is 64.7 Å². The average Bonchev–Trinajstić information content (AvgIpc) is 2.58. The van der Waals surface area contributed by atoms with Gasteiger partial charge in [0.1, 0.15) is 0 Å². The Bertz CT molecular complexity index is 559. The number of carbonyl (C=O) groups is 2. The second kappa shape index (κ2) is 9.76. The number of rotatable bonds is 7. The number of benzene rings is 1. The monoisotopic (exact) mass is 396 g/mol. The molecule has 1 aromatic carbocycles. The highest BCUT2D eigenvalue weighted by Gasteiger charge is 2.13. The van der Waals surface area contributed by atoms with Crippen LogP contribution in [0.4, 0.5) is 0 Å². The van der Waals surface area contributed by atoms with Crippen molar-refractivity contribution in [3.05, 3.63) is 34.3 Å². The van der Waals surface area contributed by atoms with E-state index >= 15 is 0 Å². The molecule has 1 heterocycles. The molecule has 1 aromatic rings. The Hall–Kier alpha value is -1.44. The van der Waals surface area contributed by atoms with Crippen molar-refractivity contribution in [3.63, 3.8) is 0 Å². The molecule has 6 nitrogen and oxygen atoms in total. The predicted octanol–water partition coefficient (Wildman–Crippen LogP) is 0.933. The van der Waals surface area contributed by atoms with E-state index in [1.165, 1.54) is 0 Å². The van der Waals surface area contributed by atoms with Crippen molar-refractivity contribution in [1.29, 1.82) is 0 Å². The quantitative estimate of drug-likeness (QED) is 0.673. The molecule has 132 valence electrons. The first-order chi connectivity index (χ1) is 11.5. The van der Waals surface area contributed by atoms with Crippen molar-refractivity contribution < 1.29 is 9.59 Å². The fourth-order valence-corrected chi connectivity index (χ4v) is 2.96. The molecule has 0 bridgehead atoms. The van der Waals surface area contributed by atoms with E-state index in [0.29, 0.717) is 12.1 Å². The van der Waals surface area contributed by atoms with Crippen LogP contribution in [0.3, 0.4) is 0 Å². The average molecular weight is 397 g/mol. The Kier molecular flexibility index (Phi) is 7.68. The van der Waals surface area contributed by atoms with Gasteiger partial charge in [0.15, 0.2) is 0 Å². The molecule has 2 amide bonds. The third-order valence-electron chi connectivity index (χ3n) is 4.07. The largest absolute Gasteiger partial charge is 0.355 e. The van der Waals surface area contributed by atoms with Gasteiger partial charge >= 0.3 is 0 Å². The molecular formula is C17H25BrN4O2. The van der Waals surface area contributed by atoms with E-state index in [2.05, 4.69) is 43.4 Å². The zero-order valence-electron chi connectivity index (χ0n) is 14.1. The van der Waals surface area contributed by atoms with E-state index in [-0.39, 0.29) is 18.4 Å². The lowest BCUT2D eigenvalue weighted by atomic mass is 10.2. The summed E-state index contributed by atoms with van der Waals surface area (Å²) in [6.07, 6.45) is 0.926. The minimum Gasteiger partial charge on any atom is -0.355 e. The van der Waals surface area contributed by atoms with Crippen LogP contribution < -0.4 is 10.6 Å². The highest BCUT2D eigenvalue weighted by atomic mass is 79.9. The number of hydrogen-bond donors (Lipinski definition) is 2. The summed E-state index contributed by atoms with van der Waals surface area (Å²) in [7, 11) is 2.14. The van der Waals surface area contributed by atoms with Crippen LogP contribution in [0.25, 0.3) is 0 Å². The van der Waals surface area contributed by atoms with Crippen molar-refractivity contribution in [2.75, 3.05) is 52.9 Å². The van der Waals surface area contributed by atoms with Gasteiger partial charge in [-0.05, 0) is 38.2 Å². The zero-order chi connectivity index (χ0) is 17.4. The maximum Gasteiger partial charge on any atom is 0.251 e. The van der Waals surface area contributed by atoms with Crippen molar-refractivity contribution >= 4 is 27.7 Å². The molecular weight excluding hydrogens is 372 g/mol. The van der Waals surface area contributed by atoms with Crippen LogP contribution in [0.5, 0.6) is 0 Å². The van der Waals surface area contributed by atoms with Gasteiger partial charge < -0.3 is 20.4 Å². The number of nitrogens with zero attached hydrogens (tertiary/aromatic N) is 2. The van der Waals surface area contributed by atoms with Crippen LogP contribution >= 0.6 is 15.9 Å². The van der Waals surface area contributed by atoms with Gasteiger partial charge in [-0.25, -0.2) is 0 Å². The van der Waals surface area contributed by atoms with Gasteiger partial charge in [-0.1, -0.05) is 22.0 Å². The molecule has 0 atom stereocenters. The molecule has 1 saturated heterocycles. The Labute approximate surface area is 151 Å². The first-order valence-electron chi connectivity index (χ1n) is 8.26. The number of hydrogen-bond acceptors (Lipinski definition) is 4. The molecule has 1 aliphatic rings. The third-order valence-corrected chi connectivity index (χ3v) is 4.56. The van der Waals surface area contributed by atoms with Crippen molar-refractivity contribution in [1.82, 2.24) is 20.4 Å². The normalized spacial score (nSPS) is 15.9. The van der Waals surface area contributed by atoms with Crippen LogP contribution in [0.15, 0.2) is 28.7 Å². The number of piperazine rings is 1. The lowest BCUT2D eigenvalue weighted by Crippen LogP contribution is -2.45.